The number of aromatic nitrogens is 1. The van der Waals surface area contributed by atoms with E-state index in [1.54, 1.807) is 12.3 Å². The summed E-state index contributed by atoms with van der Waals surface area (Å²) < 4.78 is 13.8. The quantitative estimate of drug-likeness (QED) is 0.869. The SMILES string of the molecule is Cc1cc(Nc2ccc(F)cc2Cl)ncc1Br. The van der Waals surface area contributed by atoms with Crippen LogP contribution in [0.4, 0.5) is 15.9 Å². The summed E-state index contributed by atoms with van der Waals surface area (Å²) in [4.78, 5) is 4.19. The molecule has 0 spiro atoms. The number of hydrogen-bond donors (Lipinski definition) is 1. The van der Waals surface area contributed by atoms with Crippen LogP contribution in [0.2, 0.25) is 5.02 Å². The average Bonchev–Trinajstić information content (AvgIpc) is 2.27. The van der Waals surface area contributed by atoms with E-state index < -0.39 is 0 Å². The van der Waals surface area contributed by atoms with Crippen molar-refractivity contribution in [3.05, 3.63) is 51.3 Å². The average molecular weight is 316 g/mol. The second kappa shape index (κ2) is 5.02. The van der Waals surface area contributed by atoms with E-state index in [1.165, 1.54) is 12.1 Å². The van der Waals surface area contributed by atoms with Gasteiger partial charge in [0.2, 0.25) is 0 Å². The minimum atomic E-state index is -0.361. The van der Waals surface area contributed by atoms with Gasteiger partial charge in [0, 0.05) is 10.7 Å². The van der Waals surface area contributed by atoms with Crippen molar-refractivity contribution < 1.29 is 4.39 Å². The van der Waals surface area contributed by atoms with E-state index in [4.69, 9.17) is 11.6 Å². The lowest BCUT2D eigenvalue weighted by molar-refractivity contribution is 0.628. The standard InChI is InChI=1S/C12H9BrClFN2/c1-7-4-12(16-6-9(7)13)17-11-3-2-8(15)5-10(11)14/h2-6H,1H3,(H,16,17). The Morgan fingerprint density at radius 2 is 2.12 bits per heavy atom. The van der Waals surface area contributed by atoms with Crippen molar-refractivity contribution in [1.82, 2.24) is 4.98 Å². The maximum absolute atomic E-state index is 12.9. The number of nitrogens with zero attached hydrogens (tertiary/aromatic N) is 1. The lowest BCUT2D eigenvalue weighted by Gasteiger charge is -2.08. The van der Waals surface area contributed by atoms with E-state index in [9.17, 15) is 4.39 Å². The van der Waals surface area contributed by atoms with Crippen LogP contribution in [-0.4, -0.2) is 4.98 Å². The zero-order valence-corrected chi connectivity index (χ0v) is 11.3. The third-order valence-corrected chi connectivity index (χ3v) is 3.38. The largest absolute Gasteiger partial charge is 0.339 e. The molecule has 0 amide bonds. The van der Waals surface area contributed by atoms with Crippen LogP contribution >= 0.6 is 27.5 Å². The molecule has 2 rings (SSSR count). The van der Waals surface area contributed by atoms with E-state index in [-0.39, 0.29) is 5.82 Å². The molecule has 1 N–H and O–H groups in total. The number of benzene rings is 1. The van der Waals surface area contributed by atoms with Crippen LogP contribution in [0.1, 0.15) is 5.56 Å². The molecular formula is C12H9BrClFN2. The molecule has 17 heavy (non-hydrogen) atoms. The molecule has 0 aliphatic rings. The Morgan fingerprint density at radius 3 is 2.76 bits per heavy atom. The highest BCUT2D eigenvalue weighted by atomic mass is 79.9. The molecule has 1 aromatic heterocycles. The highest BCUT2D eigenvalue weighted by molar-refractivity contribution is 9.10. The molecule has 0 saturated heterocycles. The summed E-state index contributed by atoms with van der Waals surface area (Å²) in [7, 11) is 0. The number of hydrogen-bond acceptors (Lipinski definition) is 2. The van der Waals surface area contributed by atoms with Crippen LogP contribution in [0.25, 0.3) is 0 Å². The molecular weight excluding hydrogens is 307 g/mol. The Labute approximate surface area is 112 Å². The Balaban J connectivity index is 2.28. The molecule has 0 fully saturated rings. The van der Waals surface area contributed by atoms with Crippen LogP contribution in [0.15, 0.2) is 34.9 Å². The normalized spacial score (nSPS) is 10.4. The summed E-state index contributed by atoms with van der Waals surface area (Å²) >= 11 is 9.28. The van der Waals surface area contributed by atoms with Crippen molar-refractivity contribution in [2.45, 2.75) is 6.92 Å². The zero-order chi connectivity index (χ0) is 12.4. The molecule has 0 bridgehead atoms. The molecule has 88 valence electrons. The van der Waals surface area contributed by atoms with Gasteiger partial charge in [0.25, 0.3) is 0 Å². The molecule has 5 heteroatoms. The number of halogens is 3. The van der Waals surface area contributed by atoms with Gasteiger partial charge < -0.3 is 5.32 Å². The summed E-state index contributed by atoms with van der Waals surface area (Å²) in [6.45, 7) is 1.96. The van der Waals surface area contributed by atoms with Gasteiger partial charge in [-0.3, -0.25) is 0 Å². The first-order valence-corrected chi connectivity index (χ1v) is 6.07. The topological polar surface area (TPSA) is 24.9 Å². The first kappa shape index (κ1) is 12.3. The second-order valence-electron chi connectivity index (χ2n) is 3.57. The van der Waals surface area contributed by atoms with Gasteiger partial charge in [-0.15, -0.1) is 0 Å². The van der Waals surface area contributed by atoms with Crippen molar-refractivity contribution >= 4 is 39.0 Å². The number of anilines is 2. The highest BCUT2D eigenvalue weighted by Gasteiger charge is 2.04. The first-order valence-electron chi connectivity index (χ1n) is 4.90. The molecule has 0 saturated carbocycles. The maximum Gasteiger partial charge on any atom is 0.130 e. The lowest BCUT2D eigenvalue weighted by atomic mass is 10.2. The van der Waals surface area contributed by atoms with Gasteiger partial charge in [-0.25, -0.2) is 9.37 Å². The smallest absolute Gasteiger partial charge is 0.130 e. The van der Waals surface area contributed by atoms with Gasteiger partial charge in [-0.1, -0.05) is 11.6 Å². The highest BCUT2D eigenvalue weighted by Crippen LogP contribution is 2.26. The summed E-state index contributed by atoms with van der Waals surface area (Å²) in [6.07, 6.45) is 1.70. The number of pyridine rings is 1. The molecule has 0 atom stereocenters. The molecule has 1 heterocycles. The van der Waals surface area contributed by atoms with Crippen LogP contribution in [-0.2, 0) is 0 Å². The third kappa shape index (κ3) is 2.96. The van der Waals surface area contributed by atoms with Crippen molar-refractivity contribution in [3.63, 3.8) is 0 Å². The minimum Gasteiger partial charge on any atom is -0.339 e. The molecule has 0 unspecified atom stereocenters. The van der Waals surface area contributed by atoms with Crippen LogP contribution in [0.3, 0.4) is 0 Å². The van der Waals surface area contributed by atoms with Gasteiger partial charge in [0.15, 0.2) is 0 Å². The number of nitrogens with one attached hydrogen (secondary N) is 1. The monoisotopic (exact) mass is 314 g/mol. The van der Waals surface area contributed by atoms with E-state index >= 15 is 0 Å². The minimum absolute atomic E-state index is 0.326. The summed E-state index contributed by atoms with van der Waals surface area (Å²) in [5, 5.41) is 3.36. The Hall–Kier alpha value is -1.13. The summed E-state index contributed by atoms with van der Waals surface area (Å²) in [5.41, 5.74) is 1.68. The third-order valence-electron chi connectivity index (χ3n) is 2.24. The van der Waals surface area contributed by atoms with Crippen molar-refractivity contribution in [2.24, 2.45) is 0 Å². The van der Waals surface area contributed by atoms with E-state index in [0.29, 0.717) is 16.5 Å². The maximum atomic E-state index is 12.9. The lowest BCUT2D eigenvalue weighted by Crippen LogP contribution is -1.95. The van der Waals surface area contributed by atoms with Gasteiger partial charge in [0.1, 0.15) is 11.6 Å². The van der Waals surface area contributed by atoms with E-state index in [2.05, 4.69) is 26.2 Å². The summed E-state index contributed by atoms with van der Waals surface area (Å²) in [6, 6.07) is 6.07. The van der Waals surface area contributed by atoms with Gasteiger partial charge in [-0.2, -0.15) is 0 Å². The van der Waals surface area contributed by atoms with Crippen molar-refractivity contribution in [3.8, 4) is 0 Å². The fourth-order valence-corrected chi connectivity index (χ4v) is 1.77. The fraction of sp³-hybridized carbons (Fsp3) is 0.0833. The first-order chi connectivity index (χ1) is 8.06. The van der Waals surface area contributed by atoms with Gasteiger partial charge in [0.05, 0.1) is 10.7 Å². The predicted molar refractivity (Wildman–Crippen MR) is 71.4 cm³/mol. The molecule has 0 radical (unpaired) electrons. The van der Waals surface area contributed by atoms with Gasteiger partial charge >= 0.3 is 0 Å². The van der Waals surface area contributed by atoms with E-state index in [0.717, 1.165) is 10.0 Å². The van der Waals surface area contributed by atoms with Crippen molar-refractivity contribution in [1.29, 1.82) is 0 Å². The molecule has 2 nitrogen and oxygen atoms in total. The molecule has 1 aromatic carbocycles. The fourth-order valence-electron chi connectivity index (χ4n) is 1.34. The Morgan fingerprint density at radius 1 is 1.35 bits per heavy atom. The van der Waals surface area contributed by atoms with Crippen LogP contribution < -0.4 is 5.32 Å². The Bertz CT molecular complexity index is 560. The molecule has 0 aliphatic heterocycles. The molecule has 2 aromatic rings. The second-order valence-corrected chi connectivity index (χ2v) is 4.83. The summed E-state index contributed by atoms with van der Waals surface area (Å²) in [5.74, 6) is 0.305. The predicted octanol–water partition coefficient (Wildman–Crippen LogP) is 4.69. The number of rotatable bonds is 2. The van der Waals surface area contributed by atoms with E-state index in [1.807, 2.05) is 13.0 Å². The van der Waals surface area contributed by atoms with Crippen LogP contribution in [0.5, 0.6) is 0 Å². The van der Waals surface area contributed by atoms with Crippen molar-refractivity contribution in [2.75, 3.05) is 5.32 Å². The van der Waals surface area contributed by atoms with Gasteiger partial charge in [-0.05, 0) is 52.7 Å². The Kier molecular flexibility index (Phi) is 3.64. The molecule has 0 aliphatic carbocycles. The number of aryl methyl sites for hydroxylation is 1. The van der Waals surface area contributed by atoms with Crippen LogP contribution in [0, 0.1) is 12.7 Å². The zero-order valence-electron chi connectivity index (χ0n) is 8.97.